The normalized spacial score (nSPS) is 19.6. The minimum absolute atomic E-state index is 0.0535. The van der Waals surface area contributed by atoms with Crippen LogP contribution in [0.4, 0.5) is 10.5 Å². The van der Waals surface area contributed by atoms with Gasteiger partial charge in [-0.3, -0.25) is 25.1 Å². The maximum Gasteiger partial charge on any atom is 0.344 e. The van der Waals surface area contributed by atoms with Crippen LogP contribution in [0.2, 0.25) is 0 Å². The van der Waals surface area contributed by atoms with Crippen LogP contribution in [0.15, 0.2) is 47.1 Å². The standard InChI is InChI=1S/C15H12N4O6/c1-15(11-3-2-8-25-11)13(21)18(14(22)16-15)17-12(20)9-4-6-10(7-5-9)19(23)24/h2-8H,1H3,(H,16,22)(H,17,20)/t15-/m1/s1. The van der Waals surface area contributed by atoms with E-state index in [1.807, 2.05) is 0 Å². The molecule has 0 unspecified atom stereocenters. The second-order valence-corrected chi connectivity index (χ2v) is 5.42. The van der Waals surface area contributed by atoms with Crippen LogP contribution in [-0.4, -0.2) is 27.8 Å². The van der Waals surface area contributed by atoms with Crippen molar-refractivity contribution >= 4 is 23.5 Å². The number of carbonyl (C=O) groups excluding carboxylic acids is 3. The van der Waals surface area contributed by atoms with Crippen LogP contribution in [0.5, 0.6) is 0 Å². The number of imide groups is 1. The highest BCUT2D eigenvalue weighted by molar-refractivity contribution is 6.09. The summed E-state index contributed by atoms with van der Waals surface area (Å²) >= 11 is 0. The highest BCUT2D eigenvalue weighted by Gasteiger charge is 2.52. The summed E-state index contributed by atoms with van der Waals surface area (Å²) in [6, 6.07) is 7.01. The third-order valence-electron chi connectivity index (χ3n) is 3.76. The molecule has 1 fully saturated rings. The SMILES string of the molecule is C[C@]1(c2ccco2)NC(=O)N(NC(=O)c2ccc([N+](=O)[O-])cc2)C1=O. The molecular formula is C15H12N4O6. The van der Waals surface area contributed by atoms with Gasteiger partial charge in [-0.05, 0) is 31.2 Å². The summed E-state index contributed by atoms with van der Waals surface area (Å²) in [5.41, 5.74) is 0.611. The first-order valence-electron chi connectivity index (χ1n) is 7.09. The number of amides is 4. The Kier molecular flexibility index (Phi) is 3.72. The molecule has 4 amide bonds. The van der Waals surface area contributed by atoms with Crippen molar-refractivity contribution in [2.24, 2.45) is 0 Å². The Hall–Kier alpha value is -3.69. The van der Waals surface area contributed by atoms with Crippen molar-refractivity contribution in [3.8, 4) is 0 Å². The molecule has 0 bridgehead atoms. The number of nitro benzene ring substituents is 1. The van der Waals surface area contributed by atoms with Crippen LogP contribution in [0.3, 0.4) is 0 Å². The predicted octanol–water partition coefficient (Wildman–Crippen LogP) is 1.30. The lowest BCUT2D eigenvalue weighted by Crippen LogP contribution is -2.47. The molecule has 1 aromatic carbocycles. The van der Waals surface area contributed by atoms with E-state index < -0.39 is 28.3 Å². The van der Waals surface area contributed by atoms with Crippen LogP contribution in [-0.2, 0) is 10.3 Å². The molecule has 3 rings (SSSR count). The van der Waals surface area contributed by atoms with Gasteiger partial charge in [0.1, 0.15) is 5.76 Å². The molecule has 2 N–H and O–H groups in total. The van der Waals surface area contributed by atoms with Gasteiger partial charge in [0, 0.05) is 17.7 Å². The second kappa shape index (κ2) is 5.74. The predicted molar refractivity (Wildman–Crippen MR) is 82.0 cm³/mol. The zero-order valence-corrected chi connectivity index (χ0v) is 12.9. The Morgan fingerprint density at radius 3 is 2.52 bits per heavy atom. The summed E-state index contributed by atoms with van der Waals surface area (Å²) < 4.78 is 5.17. The Morgan fingerprint density at radius 2 is 1.96 bits per heavy atom. The number of nitrogens with zero attached hydrogens (tertiary/aromatic N) is 2. The van der Waals surface area contributed by atoms with Crippen LogP contribution in [0.25, 0.3) is 0 Å². The lowest BCUT2D eigenvalue weighted by atomic mass is 10.00. The lowest BCUT2D eigenvalue weighted by Gasteiger charge is -2.19. The summed E-state index contributed by atoms with van der Waals surface area (Å²) in [5.74, 6) is -1.26. The van der Waals surface area contributed by atoms with Crippen molar-refractivity contribution in [3.63, 3.8) is 0 Å². The third-order valence-corrected chi connectivity index (χ3v) is 3.76. The number of furan rings is 1. The third kappa shape index (κ3) is 2.69. The van der Waals surface area contributed by atoms with Gasteiger partial charge in [0.25, 0.3) is 17.5 Å². The number of nitro groups is 1. The highest BCUT2D eigenvalue weighted by Crippen LogP contribution is 2.28. The summed E-state index contributed by atoms with van der Waals surface area (Å²) in [6.45, 7) is 1.45. The van der Waals surface area contributed by atoms with E-state index in [-0.39, 0.29) is 17.0 Å². The number of nitrogens with one attached hydrogen (secondary N) is 2. The summed E-state index contributed by atoms with van der Waals surface area (Å²) in [5, 5.41) is 13.6. The minimum Gasteiger partial charge on any atom is -0.466 e. The zero-order chi connectivity index (χ0) is 18.2. The smallest absolute Gasteiger partial charge is 0.344 e. The van der Waals surface area contributed by atoms with E-state index in [2.05, 4.69) is 10.7 Å². The van der Waals surface area contributed by atoms with Crippen LogP contribution >= 0.6 is 0 Å². The van der Waals surface area contributed by atoms with Gasteiger partial charge in [-0.25, -0.2) is 4.79 Å². The van der Waals surface area contributed by atoms with Crippen molar-refractivity contribution in [2.75, 3.05) is 0 Å². The van der Waals surface area contributed by atoms with Crippen LogP contribution < -0.4 is 10.7 Å². The fourth-order valence-electron chi connectivity index (χ4n) is 2.37. The first-order chi connectivity index (χ1) is 11.8. The first-order valence-corrected chi connectivity index (χ1v) is 7.09. The molecule has 0 spiro atoms. The molecule has 2 heterocycles. The van der Waals surface area contributed by atoms with Gasteiger partial charge in [-0.1, -0.05) is 0 Å². The maximum atomic E-state index is 12.5. The number of hydrogen-bond acceptors (Lipinski definition) is 6. The zero-order valence-electron chi connectivity index (χ0n) is 12.9. The highest BCUT2D eigenvalue weighted by atomic mass is 16.6. The average molecular weight is 344 g/mol. The van der Waals surface area contributed by atoms with Gasteiger partial charge < -0.3 is 9.73 Å². The van der Waals surface area contributed by atoms with Crippen molar-refractivity contribution in [2.45, 2.75) is 12.5 Å². The van der Waals surface area contributed by atoms with E-state index in [0.717, 1.165) is 12.1 Å². The van der Waals surface area contributed by atoms with Gasteiger partial charge in [-0.2, -0.15) is 5.01 Å². The second-order valence-electron chi connectivity index (χ2n) is 5.42. The molecule has 10 heteroatoms. The van der Waals surface area contributed by atoms with Crippen molar-refractivity contribution in [1.29, 1.82) is 0 Å². The molecule has 1 atom stereocenters. The molecule has 0 saturated carbocycles. The van der Waals surface area contributed by atoms with E-state index in [1.165, 1.54) is 31.4 Å². The van der Waals surface area contributed by atoms with Crippen molar-refractivity contribution in [1.82, 2.24) is 15.8 Å². The van der Waals surface area contributed by atoms with E-state index in [0.29, 0.717) is 5.01 Å². The topological polar surface area (TPSA) is 135 Å². The van der Waals surface area contributed by atoms with E-state index in [9.17, 15) is 24.5 Å². The molecule has 1 aromatic heterocycles. The number of carbonyl (C=O) groups is 3. The summed E-state index contributed by atoms with van der Waals surface area (Å²) in [7, 11) is 0. The van der Waals surface area contributed by atoms with E-state index in [1.54, 1.807) is 6.07 Å². The average Bonchev–Trinajstić information content (AvgIpc) is 3.19. The summed E-state index contributed by atoms with van der Waals surface area (Å²) in [4.78, 5) is 46.8. The Balaban J connectivity index is 1.78. The number of rotatable bonds is 4. The van der Waals surface area contributed by atoms with E-state index >= 15 is 0 Å². The fraction of sp³-hybridized carbons (Fsp3) is 0.133. The Labute approximate surface area is 140 Å². The van der Waals surface area contributed by atoms with Gasteiger partial charge in [0.15, 0.2) is 5.54 Å². The Morgan fingerprint density at radius 1 is 1.28 bits per heavy atom. The molecule has 1 aliphatic rings. The number of urea groups is 1. The monoisotopic (exact) mass is 344 g/mol. The quantitative estimate of drug-likeness (QED) is 0.487. The maximum absolute atomic E-state index is 12.5. The Bertz CT molecular complexity index is 861. The molecule has 0 aliphatic carbocycles. The fourth-order valence-corrected chi connectivity index (χ4v) is 2.37. The molecule has 2 aromatic rings. The largest absolute Gasteiger partial charge is 0.466 e. The minimum atomic E-state index is -1.44. The van der Waals surface area contributed by atoms with Crippen LogP contribution in [0, 0.1) is 10.1 Å². The molecule has 10 nitrogen and oxygen atoms in total. The van der Waals surface area contributed by atoms with Gasteiger partial charge in [0.2, 0.25) is 0 Å². The lowest BCUT2D eigenvalue weighted by molar-refractivity contribution is -0.384. The first kappa shape index (κ1) is 16.2. The number of hydrazine groups is 1. The summed E-state index contributed by atoms with van der Waals surface area (Å²) in [6.07, 6.45) is 1.36. The van der Waals surface area contributed by atoms with Gasteiger partial charge >= 0.3 is 6.03 Å². The van der Waals surface area contributed by atoms with Gasteiger partial charge in [-0.15, -0.1) is 0 Å². The number of benzene rings is 1. The number of non-ortho nitro benzene ring substituents is 1. The molecule has 1 aliphatic heterocycles. The molecule has 25 heavy (non-hydrogen) atoms. The molecule has 1 saturated heterocycles. The number of hydrogen-bond donors (Lipinski definition) is 2. The van der Waals surface area contributed by atoms with Crippen molar-refractivity contribution in [3.05, 3.63) is 64.1 Å². The molecule has 128 valence electrons. The molecular weight excluding hydrogens is 332 g/mol. The molecule has 0 radical (unpaired) electrons. The van der Waals surface area contributed by atoms with Gasteiger partial charge in [0.05, 0.1) is 11.2 Å². The van der Waals surface area contributed by atoms with E-state index in [4.69, 9.17) is 4.42 Å². The van der Waals surface area contributed by atoms with Crippen molar-refractivity contribution < 1.29 is 23.7 Å². The van der Waals surface area contributed by atoms with Crippen LogP contribution in [0.1, 0.15) is 23.0 Å².